The third-order valence-electron chi connectivity index (χ3n) is 4.70. The molecule has 3 unspecified atom stereocenters. The number of hydrogen-bond donors (Lipinski definition) is 1. The summed E-state index contributed by atoms with van der Waals surface area (Å²) in [6.45, 7) is 0. The minimum absolute atomic E-state index is 0.309. The first-order valence-electron chi connectivity index (χ1n) is 7.77. The maximum atomic E-state index is 6.37. The fourth-order valence-electron chi connectivity index (χ4n) is 3.52. The topological polar surface area (TPSA) is 26.0 Å². The molecule has 0 heterocycles. The van der Waals surface area contributed by atoms with E-state index in [-0.39, 0.29) is 0 Å². The van der Waals surface area contributed by atoms with Crippen LogP contribution in [0.15, 0.2) is 54.6 Å². The third kappa shape index (κ3) is 3.66. The molecule has 2 aromatic carbocycles. The number of halogens is 1. The van der Waals surface area contributed by atoms with Crippen molar-refractivity contribution >= 4 is 11.6 Å². The summed E-state index contributed by atoms with van der Waals surface area (Å²) in [5, 5.41) is 0.816. The predicted molar refractivity (Wildman–Crippen MR) is 89.7 cm³/mol. The molecular formula is C19H22ClN. The van der Waals surface area contributed by atoms with Crippen molar-refractivity contribution in [3.05, 3.63) is 70.7 Å². The van der Waals surface area contributed by atoms with Crippen molar-refractivity contribution in [3.8, 4) is 0 Å². The van der Waals surface area contributed by atoms with Gasteiger partial charge in [0.25, 0.3) is 0 Å². The zero-order chi connectivity index (χ0) is 14.7. The second-order valence-corrected chi connectivity index (χ2v) is 6.62. The first kappa shape index (κ1) is 14.6. The molecule has 0 saturated heterocycles. The van der Waals surface area contributed by atoms with Gasteiger partial charge in [0.05, 0.1) is 0 Å². The van der Waals surface area contributed by atoms with Crippen LogP contribution in [0, 0.1) is 5.92 Å². The molecule has 0 bridgehead atoms. The molecule has 3 atom stereocenters. The molecule has 2 heteroatoms. The molecule has 3 rings (SSSR count). The van der Waals surface area contributed by atoms with Crippen LogP contribution >= 0.6 is 11.6 Å². The van der Waals surface area contributed by atoms with Crippen molar-refractivity contribution in [2.45, 2.75) is 37.6 Å². The lowest BCUT2D eigenvalue weighted by Gasteiger charge is -2.34. The Morgan fingerprint density at radius 1 is 1.00 bits per heavy atom. The van der Waals surface area contributed by atoms with E-state index in [1.807, 2.05) is 12.1 Å². The summed E-state index contributed by atoms with van der Waals surface area (Å²) < 4.78 is 0. The highest BCUT2D eigenvalue weighted by atomic mass is 35.5. The summed E-state index contributed by atoms with van der Waals surface area (Å²) in [5.74, 6) is 1.19. The number of benzene rings is 2. The Kier molecular flexibility index (Phi) is 4.62. The van der Waals surface area contributed by atoms with E-state index >= 15 is 0 Å². The van der Waals surface area contributed by atoms with Crippen LogP contribution in [0.5, 0.6) is 0 Å². The second-order valence-electron chi connectivity index (χ2n) is 6.18. The average molecular weight is 300 g/mol. The minimum Gasteiger partial charge on any atom is -0.327 e. The van der Waals surface area contributed by atoms with Gasteiger partial charge in [0.15, 0.2) is 0 Å². The molecule has 0 spiro atoms. The highest BCUT2D eigenvalue weighted by Gasteiger charge is 2.28. The highest BCUT2D eigenvalue weighted by molar-refractivity contribution is 6.30. The molecule has 0 radical (unpaired) electrons. The molecule has 2 aromatic rings. The summed E-state index contributed by atoms with van der Waals surface area (Å²) >= 11 is 6.09. The summed E-state index contributed by atoms with van der Waals surface area (Å²) in [4.78, 5) is 0. The molecule has 2 N–H and O–H groups in total. The van der Waals surface area contributed by atoms with Gasteiger partial charge in [0.2, 0.25) is 0 Å². The van der Waals surface area contributed by atoms with Gasteiger partial charge in [-0.2, -0.15) is 0 Å². The molecule has 1 fully saturated rings. The lowest BCUT2D eigenvalue weighted by atomic mass is 9.73. The maximum absolute atomic E-state index is 6.37. The molecule has 1 nitrogen and oxygen atoms in total. The molecule has 21 heavy (non-hydrogen) atoms. The van der Waals surface area contributed by atoms with E-state index in [1.54, 1.807) is 0 Å². The van der Waals surface area contributed by atoms with Gasteiger partial charge in [0.1, 0.15) is 0 Å². The quantitative estimate of drug-likeness (QED) is 0.866. The largest absolute Gasteiger partial charge is 0.327 e. The summed E-state index contributed by atoms with van der Waals surface area (Å²) in [6, 6.07) is 19.3. The molecule has 1 aliphatic carbocycles. The first-order chi connectivity index (χ1) is 10.2. The van der Waals surface area contributed by atoms with Crippen LogP contribution in [0.25, 0.3) is 0 Å². The first-order valence-corrected chi connectivity index (χ1v) is 8.15. The zero-order valence-electron chi connectivity index (χ0n) is 12.2. The van der Waals surface area contributed by atoms with E-state index in [4.69, 9.17) is 17.3 Å². The van der Waals surface area contributed by atoms with Crippen LogP contribution in [0.4, 0.5) is 0 Å². The van der Waals surface area contributed by atoms with Gasteiger partial charge < -0.3 is 5.73 Å². The predicted octanol–water partition coefficient (Wildman–Crippen LogP) is 4.79. The number of nitrogens with two attached hydrogens (primary N) is 1. The van der Waals surface area contributed by atoms with Gasteiger partial charge >= 0.3 is 0 Å². The molecule has 0 aliphatic heterocycles. The van der Waals surface area contributed by atoms with Gasteiger partial charge in [-0.15, -0.1) is 0 Å². The lowest BCUT2D eigenvalue weighted by molar-refractivity contribution is 0.277. The highest BCUT2D eigenvalue weighted by Crippen LogP contribution is 2.37. The Morgan fingerprint density at radius 2 is 1.81 bits per heavy atom. The normalized spacial score (nSPS) is 25.7. The minimum atomic E-state index is 0.309. The van der Waals surface area contributed by atoms with Crippen LogP contribution in [0.2, 0.25) is 5.02 Å². The van der Waals surface area contributed by atoms with Crippen LogP contribution in [-0.4, -0.2) is 6.04 Å². The monoisotopic (exact) mass is 299 g/mol. The van der Waals surface area contributed by atoms with Crippen LogP contribution < -0.4 is 5.73 Å². The Balaban J connectivity index is 1.72. The Hall–Kier alpha value is -1.31. The molecule has 1 saturated carbocycles. The van der Waals surface area contributed by atoms with Crippen molar-refractivity contribution < 1.29 is 0 Å². The number of hydrogen-bond acceptors (Lipinski definition) is 1. The van der Waals surface area contributed by atoms with E-state index in [9.17, 15) is 0 Å². The number of rotatable bonds is 3. The van der Waals surface area contributed by atoms with E-state index in [2.05, 4.69) is 42.5 Å². The SMILES string of the molecule is NC1CCC(c2ccccc2)CC1Cc1cccc(Cl)c1. The molecule has 1 aliphatic rings. The van der Waals surface area contributed by atoms with E-state index in [1.165, 1.54) is 24.0 Å². The second kappa shape index (κ2) is 6.64. The van der Waals surface area contributed by atoms with Gasteiger partial charge in [-0.3, -0.25) is 0 Å². The molecule has 0 aromatic heterocycles. The molecular weight excluding hydrogens is 278 g/mol. The fraction of sp³-hybridized carbons (Fsp3) is 0.368. The molecule has 110 valence electrons. The smallest absolute Gasteiger partial charge is 0.0408 e. The van der Waals surface area contributed by atoms with Crippen LogP contribution in [0.1, 0.15) is 36.3 Å². The van der Waals surface area contributed by atoms with Gasteiger partial charge in [0, 0.05) is 11.1 Å². The fourth-order valence-corrected chi connectivity index (χ4v) is 3.73. The van der Waals surface area contributed by atoms with Crippen molar-refractivity contribution in [1.82, 2.24) is 0 Å². The Labute approximate surface area is 132 Å². The van der Waals surface area contributed by atoms with Gasteiger partial charge in [-0.25, -0.2) is 0 Å². The van der Waals surface area contributed by atoms with Gasteiger partial charge in [-0.1, -0.05) is 54.1 Å². The summed E-state index contributed by atoms with van der Waals surface area (Å²) in [7, 11) is 0. The van der Waals surface area contributed by atoms with Gasteiger partial charge in [-0.05, 0) is 60.8 Å². The van der Waals surface area contributed by atoms with E-state index in [0.29, 0.717) is 17.9 Å². The van der Waals surface area contributed by atoms with Crippen molar-refractivity contribution in [3.63, 3.8) is 0 Å². The van der Waals surface area contributed by atoms with Crippen molar-refractivity contribution in [2.24, 2.45) is 11.7 Å². The maximum Gasteiger partial charge on any atom is 0.0408 e. The summed E-state index contributed by atoms with van der Waals surface area (Å²) in [6.07, 6.45) is 4.53. The van der Waals surface area contributed by atoms with E-state index in [0.717, 1.165) is 17.9 Å². The van der Waals surface area contributed by atoms with Crippen LogP contribution in [0.3, 0.4) is 0 Å². The standard InChI is InChI=1S/C19H22ClN/c20-18-8-4-5-14(12-18)11-17-13-16(9-10-19(17)21)15-6-2-1-3-7-15/h1-8,12,16-17,19H,9-11,13,21H2. The Bertz CT molecular complexity index is 581. The average Bonchev–Trinajstić information content (AvgIpc) is 2.50. The van der Waals surface area contributed by atoms with E-state index < -0.39 is 0 Å². The van der Waals surface area contributed by atoms with Crippen molar-refractivity contribution in [1.29, 1.82) is 0 Å². The van der Waals surface area contributed by atoms with Crippen LogP contribution in [-0.2, 0) is 6.42 Å². The third-order valence-corrected chi connectivity index (χ3v) is 4.93. The lowest BCUT2D eigenvalue weighted by Crippen LogP contribution is -2.36. The Morgan fingerprint density at radius 3 is 2.57 bits per heavy atom. The zero-order valence-corrected chi connectivity index (χ0v) is 13.0. The molecule has 0 amide bonds. The van der Waals surface area contributed by atoms with Crippen molar-refractivity contribution in [2.75, 3.05) is 0 Å². The summed E-state index contributed by atoms with van der Waals surface area (Å²) in [5.41, 5.74) is 9.13.